The molecule has 7 nitrogen and oxygen atoms in total. The van der Waals surface area contributed by atoms with Crippen molar-refractivity contribution in [1.29, 1.82) is 0 Å². The maximum absolute atomic E-state index is 12.2. The summed E-state index contributed by atoms with van der Waals surface area (Å²) in [5.74, 6) is 1.30. The first-order valence-corrected chi connectivity index (χ1v) is 11.9. The molecule has 0 unspecified atom stereocenters. The topological polar surface area (TPSA) is 94.0 Å². The molecule has 170 valence electrons. The predicted molar refractivity (Wildman–Crippen MR) is 132 cm³/mol. The second kappa shape index (κ2) is 9.15. The molecule has 2 aromatic carbocycles. The zero-order chi connectivity index (χ0) is 23.7. The van der Waals surface area contributed by atoms with Crippen molar-refractivity contribution in [3.63, 3.8) is 0 Å². The molecule has 5 rings (SSSR count). The van der Waals surface area contributed by atoms with Crippen LogP contribution in [0.2, 0.25) is 0 Å². The quantitative estimate of drug-likeness (QED) is 0.266. The largest absolute Gasteiger partial charge is 0.508 e. The Morgan fingerprint density at radius 1 is 1.06 bits per heavy atom. The van der Waals surface area contributed by atoms with E-state index in [2.05, 4.69) is 15.2 Å². The highest BCUT2D eigenvalue weighted by Gasteiger charge is 2.19. The van der Waals surface area contributed by atoms with Crippen molar-refractivity contribution in [2.75, 3.05) is 0 Å². The maximum atomic E-state index is 12.2. The number of nitrogens with zero attached hydrogens (tertiary/aromatic N) is 4. The van der Waals surface area contributed by atoms with Crippen molar-refractivity contribution < 1.29 is 9.52 Å². The third-order valence-corrected chi connectivity index (χ3v) is 6.65. The fraction of sp³-hybridized carbons (Fsp3) is 0.154. The number of phenols is 1. The number of aryl methyl sites for hydroxylation is 2. The van der Waals surface area contributed by atoms with Crippen LogP contribution in [-0.2, 0) is 12.2 Å². The molecule has 3 heterocycles. The van der Waals surface area contributed by atoms with E-state index in [4.69, 9.17) is 4.42 Å². The molecule has 0 saturated heterocycles. The summed E-state index contributed by atoms with van der Waals surface area (Å²) < 4.78 is 7.36. The molecule has 34 heavy (non-hydrogen) atoms. The van der Waals surface area contributed by atoms with Crippen molar-refractivity contribution in [3.05, 3.63) is 94.1 Å². The lowest BCUT2D eigenvalue weighted by molar-refractivity contribution is 0.466. The maximum Gasteiger partial charge on any atom is 0.336 e. The van der Waals surface area contributed by atoms with Gasteiger partial charge in [-0.25, -0.2) is 4.79 Å². The Balaban J connectivity index is 1.59. The van der Waals surface area contributed by atoms with E-state index in [0.29, 0.717) is 28.7 Å². The zero-order valence-corrected chi connectivity index (χ0v) is 19.5. The number of rotatable bonds is 6. The normalized spacial score (nSPS) is 11.2. The Kier molecular flexibility index (Phi) is 5.90. The van der Waals surface area contributed by atoms with Crippen molar-refractivity contribution in [3.8, 4) is 22.8 Å². The second-order valence-electron chi connectivity index (χ2n) is 7.88. The molecule has 3 aromatic heterocycles. The number of pyridine rings is 1. The van der Waals surface area contributed by atoms with E-state index in [9.17, 15) is 9.90 Å². The van der Waals surface area contributed by atoms with Crippen LogP contribution in [0.3, 0.4) is 0 Å². The summed E-state index contributed by atoms with van der Waals surface area (Å²) in [6.45, 7) is 4.02. The van der Waals surface area contributed by atoms with Gasteiger partial charge >= 0.3 is 5.63 Å². The molecule has 8 heteroatoms. The molecule has 0 bridgehead atoms. The second-order valence-corrected chi connectivity index (χ2v) is 8.82. The van der Waals surface area contributed by atoms with Gasteiger partial charge in [0.05, 0.1) is 5.69 Å². The van der Waals surface area contributed by atoms with Gasteiger partial charge < -0.3 is 9.52 Å². The van der Waals surface area contributed by atoms with Gasteiger partial charge in [0.25, 0.3) is 0 Å². The van der Waals surface area contributed by atoms with E-state index < -0.39 is 5.63 Å². The average molecular weight is 471 g/mol. The van der Waals surface area contributed by atoms with Crippen LogP contribution in [0.25, 0.3) is 28.0 Å². The van der Waals surface area contributed by atoms with Crippen LogP contribution in [0.4, 0.5) is 0 Å². The van der Waals surface area contributed by atoms with Gasteiger partial charge in [-0.1, -0.05) is 36.9 Å². The molecule has 5 aromatic rings. The molecular formula is C26H22N4O3S. The molecule has 0 saturated carbocycles. The lowest BCUT2D eigenvalue weighted by Gasteiger charge is -2.13. The van der Waals surface area contributed by atoms with Gasteiger partial charge in [0.15, 0.2) is 11.0 Å². The molecule has 1 N–H and O–H groups in total. The van der Waals surface area contributed by atoms with E-state index >= 15 is 0 Å². The standard InChI is InChI=1S/C26H22N4O3S/c1-3-17-11-20-19(12-24(32)33-23(20)13-22(17)31)15-34-26-29-28-25(18-8-6-10-27-14-18)30(26)21-9-5-4-7-16(21)2/h4-14,31H,3,15H2,1-2H3. The number of hydrogen-bond acceptors (Lipinski definition) is 7. The first-order valence-electron chi connectivity index (χ1n) is 10.9. The molecule has 0 radical (unpaired) electrons. The number of aromatic nitrogens is 4. The minimum absolute atomic E-state index is 0.128. The Morgan fingerprint density at radius 3 is 2.68 bits per heavy atom. The van der Waals surface area contributed by atoms with E-state index in [1.54, 1.807) is 12.4 Å². The van der Waals surface area contributed by atoms with Crippen LogP contribution in [0.15, 0.2) is 81.4 Å². The molecule has 0 aliphatic carbocycles. The van der Waals surface area contributed by atoms with Crippen molar-refractivity contribution >= 4 is 22.7 Å². The van der Waals surface area contributed by atoms with Gasteiger partial charge in [-0.2, -0.15) is 0 Å². The van der Waals surface area contributed by atoms with E-state index in [1.807, 2.05) is 60.9 Å². The van der Waals surface area contributed by atoms with Crippen molar-refractivity contribution in [2.45, 2.75) is 31.2 Å². The fourth-order valence-electron chi connectivity index (χ4n) is 3.93. The highest BCUT2D eigenvalue weighted by atomic mass is 32.2. The summed E-state index contributed by atoms with van der Waals surface area (Å²) in [6.07, 6.45) is 4.16. The SMILES string of the molecule is CCc1cc2c(CSc3nnc(-c4cccnc4)n3-c3ccccc3C)cc(=O)oc2cc1O. The van der Waals surface area contributed by atoms with Gasteiger partial charge in [-0.3, -0.25) is 9.55 Å². The van der Waals surface area contributed by atoms with Crippen LogP contribution in [0, 0.1) is 6.92 Å². The number of thioether (sulfide) groups is 1. The number of hydrogen-bond donors (Lipinski definition) is 1. The van der Waals surface area contributed by atoms with Crippen LogP contribution in [-0.4, -0.2) is 24.9 Å². The number of para-hydroxylation sites is 1. The lowest BCUT2D eigenvalue weighted by Crippen LogP contribution is -2.03. The molecule has 0 aliphatic heterocycles. The number of phenolic OH excluding ortho intramolecular Hbond substituents is 1. The summed E-state index contributed by atoms with van der Waals surface area (Å²) in [5, 5.41) is 20.7. The summed E-state index contributed by atoms with van der Waals surface area (Å²) in [6, 6.07) is 16.8. The first kappa shape index (κ1) is 21.9. The lowest BCUT2D eigenvalue weighted by atomic mass is 10.1. The highest BCUT2D eigenvalue weighted by Crippen LogP contribution is 2.33. The van der Waals surface area contributed by atoms with Crippen LogP contribution in [0.1, 0.15) is 23.6 Å². The highest BCUT2D eigenvalue weighted by molar-refractivity contribution is 7.98. The van der Waals surface area contributed by atoms with Crippen molar-refractivity contribution in [1.82, 2.24) is 19.7 Å². The third-order valence-electron chi connectivity index (χ3n) is 5.68. The minimum atomic E-state index is -0.455. The minimum Gasteiger partial charge on any atom is -0.508 e. The van der Waals surface area contributed by atoms with Gasteiger partial charge in [-0.15, -0.1) is 10.2 Å². The summed E-state index contributed by atoms with van der Waals surface area (Å²) >= 11 is 1.49. The fourth-order valence-corrected chi connectivity index (χ4v) is 4.86. The molecule has 0 spiro atoms. The summed E-state index contributed by atoms with van der Waals surface area (Å²) in [5.41, 5.74) is 4.45. The molecule has 0 amide bonds. The van der Waals surface area contributed by atoms with Crippen LogP contribution < -0.4 is 5.63 Å². The average Bonchev–Trinajstić information content (AvgIpc) is 3.26. The van der Waals surface area contributed by atoms with Crippen molar-refractivity contribution in [2.24, 2.45) is 0 Å². The van der Waals surface area contributed by atoms with E-state index in [1.165, 1.54) is 23.9 Å². The first-order chi connectivity index (χ1) is 16.5. The van der Waals surface area contributed by atoms with E-state index in [-0.39, 0.29) is 5.75 Å². The van der Waals surface area contributed by atoms with Gasteiger partial charge in [-0.05, 0) is 54.3 Å². The Hall–Kier alpha value is -3.91. The monoisotopic (exact) mass is 470 g/mol. The summed E-state index contributed by atoms with van der Waals surface area (Å²) in [4.78, 5) is 16.4. The smallest absolute Gasteiger partial charge is 0.336 e. The molecular weight excluding hydrogens is 448 g/mol. The zero-order valence-electron chi connectivity index (χ0n) is 18.7. The van der Waals surface area contributed by atoms with E-state index in [0.717, 1.165) is 33.3 Å². The molecule has 0 atom stereocenters. The van der Waals surface area contributed by atoms with Gasteiger partial charge in [0, 0.05) is 41.2 Å². The predicted octanol–water partition coefficient (Wildman–Crippen LogP) is 5.30. The van der Waals surface area contributed by atoms with Crippen LogP contribution in [0.5, 0.6) is 5.75 Å². The Morgan fingerprint density at radius 2 is 1.91 bits per heavy atom. The summed E-state index contributed by atoms with van der Waals surface area (Å²) in [7, 11) is 0. The molecule has 0 fully saturated rings. The Bertz CT molecular complexity index is 1540. The molecule has 0 aliphatic rings. The third kappa shape index (κ3) is 4.08. The number of aromatic hydroxyl groups is 1. The number of benzene rings is 2. The van der Waals surface area contributed by atoms with Crippen LogP contribution >= 0.6 is 11.8 Å². The van der Waals surface area contributed by atoms with Gasteiger partial charge in [0.2, 0.25) is 0 Å². The Labute approximate surface area is 200 Å². The van der Waals surface area contributed by atoms with Gasteiger partial charge in [0.1, 0.15) is 11.3 Å². The number of fused-ring (bicyclic) bond motifs is 1.